The summed E-state index contributed by atoms with van der Waals surface area (Å²) in [5.41, 5.74) is -0.0730. The Morgan fingerprint density at radius 3 is 2.40 bits per heavy atom. The van der Waals surface area contributed by atoms with Crippen molar-refractivity contribution in [3.05, 3.63) is 0 Å². The summed E-state index contributed by atoms with van der Waals surface area (Å²) in [5.74, 6) is 0. The Bertz CT molecular complexity index is 278. The highest BCUT2D eigenvalue weighted by Gasteiger charge is 2.36. The molecule has 0 unspecified atom stereocenters. The monoisotopic (exact) mass is 284 g/mol. The highest BCUT2D eigenvalue weighted by molar-refractivity contribution is 4.90. The van der Waals surface area contributed by atoms with E-state index < -0.39 is 5.60 Å². The van der Waals surface area contributed by atoms with E-state index >= 15 is 0 Å². The third-order valence-corrected chi connectivity index (χ3v) is 4.97. The summed E-state index contributed by atoms with van der Waals surface area (Å²) in [6, 6.07) is 0. The number of hydrogen-bond donors (Lipinski definition) is 2. The molecular formula is C16H32N2O2. The van der Waals surface area contributed by atoms with E-state index in [0.717, 1.165) is 71.6 Å². The summed E-state index contributed by atoms with van der Waals surface area (Å²) in [6.45, 7) is 11.4. The average Bonchev–Trinajstić information content (AvgIpc) is 2.43. The molecule has 2 saturated heterocycles. The maximum absolute atomic E-state index is 10.1. The number of nitrogens with one attached hydrogen (secondary N) is 1. The van der Waals surface area contributed by atoms with Gasteiger partial charge in [-0.3, -0.25) is 0 Å². The average molecular weight is 284 g/mol. The van der Waals surface area contributed by atoms with Crippen LogP contribution >= 0.6 is 0 Å². The number of nitrogens with zero attached hydrogens (tertiary/aromatic N) is 1. The van der Waals surface area contributed by atoms with Gasteiger partial charge in [-0.05, 0) is 51.0 Å². The smallest absolute Gasteiger partial charge is 0.0644 e. The molecule has 0 aromatic rings. The van der Waals surface area contributed by atoms with Gasteiger partial charge in [-0.25, -0.2) is 0 Å². The molecule has 2 heterocycles. The zero-order valence-electron chi connectivity index (χ0n) is 13.3. The Morgan fingerprint density at radius 2 is 1.80 bits per heavy atom. The molecule has 0 bridgehead atoms. The molecule has 0 atom stereocenters. The lowest BCUT2D eigenvalue weighted by Gasteiger charge is -2.44. The van der Waals surface area contributed by atoms with Gasteiger partial charge in [-0.15, -0.1) is 0 Å². The van der Waals surface area contributed by atoms with E-state index in [1.807, 2.05) is 6.92 Å². The Morgan fingerprint density at radius 1 is 1.15 bits per heavy atom. The second-order valence-electron chi connectivity index (χ2n) is 7.06. The molecular weight excluding hydrogens is 252 g/mol. The zero-order chi connectivity index (χ0) is 14.5. The van der Waals surface area contributed by atoms with Crippen LogP contribution in [-0.4, -0.2) is 61.5 Å². The van der Waals surface area contributed by atoms with Gasteiger partial charge < -0.3 is 20.1 Å². The van der Waals surface area contributed by atoms with Crippen molar-refractivity contribution in [3.63, 3.8) is 0 Å². The number of likely N-dealkylation sites (tertiary alicyclic amines) is 1. The second kappa shape index (κ2) is 7.21. The van der Waals surface area contributed by atoms with Gasteiger partial charge in [0.1, 0.15) is 0 Å². The van der Waals surface area contributed by atoms with Crippen molar-refractivity contribution in [1.29, 1.82) is 0 Å². The fourth-order valence-corrected chi connectivity index (χ4v) is 3.39. The Hall–Kier alpha value is -0.160. The van der Waals surface area contributed by atoms with Crippen LogP contribution in [0.1, 0.15) is 46.0 Å². The second-order valence-corrected chi connectivity index (χ2v) is 7.06. The van der Waals surface area contributed by atoms with E-state index in [-0.39, 0.29) is 0 Å². The van der Waals surface area contributed by atoms with Crippen LogP contribution in [0, 0.1) is 5.41 Å². The van der Waals surface area contributed by atoms with Crippen LogP contribution in [0.3, 0.4) is 0 Å². The summed E-state index contributed by atoms with van der Waals surface area (Å²) in [4.78, 5) is 2.55. The molecule has 0 radical (unpaired) electrons. The minimum Gasteiger partial charge on any atom is -0.390 e. The Balaban J connectivity index is 1.87. The topological polar surface area (TPSA) is 44.7 Å². The number of piperidine rings is 1. The van der Waals surface area contributed by atoms with Gasteiger partial charge in [0.25, 0.3) is 0 Å². The van der Waals surface area contributed by atoms with Gasteiger partial charge in [0.2, 0.25) is 0 Å². The molecule has 2 fully saturated rings. The van der Waals surface area contributed by atoms with Gasteiger partial charge >= 0.3 is 0 Å². The molecule has 2 N–H and O–H groups in total. The van der Waals surface area contributed by atoms with Crippen LogP contribution in [0.5, 0.6) is 0 Å². The normalized spacial score (nSPS) is 26.6. The quantitative estimate of drug-likeness (QED) is 0.728. The van der Waals surface area contributed by atoms with Crippen molar-refractivity contribution >= 4 is 0 Å². The Kier molecular flexibility index (Phi) is 5.84. The van der Waals surface area contributed by atoms with E-state index in [9.17, 15) is 5.11 Å². The molecule has 4 nitrogen and oxygen atoms in total. The maximum atomic E-state index is 10.1. The summed E-state index contributed by atoms with van der Waals surface area (Å²) in [7, 11) is 0. The largest absolute Gasteiger partial charge is 0.390 e. The molecule has 2 aliphatic rings. The third kappa shape index (κ3) is 4.69. The highest BCUT2D eigenvalue weighted by Crippen LogP contribution is 2.33. The van der Waals surface area contributed by atoms with Gasteiger partial charge in [-0.2, -0.15) is 0 Å². The van der Waals surface area contributed by atoms with E-state index in [1.165, 1.54) is 6.42 Å². The first-order valence-electron chi connectivity index (χ1n) is 8.29. The van der Waals surface area contributed by atoms with Crippen LogP contribution < -0.4 is 5.32 Å². The molecule has 4 heteroatoms. The van der Waals surface area contributed by atoms with Crippen LogP contribution in [0.25, 0.3) is 0 Å². The first-order valence-corrected chi connectivity index (χ1v) is 8.29. The van der Waals surface area contributed by atoms with Crippen molar-refractivity contribution in [1.82, 2.24) is 10.2 Å². The molecule has 0 aromatic heterocycles. The molecule has 0 aromatic carbocycles. The van der Waals surface area contributed by atoms with Crippen molar-refractivity contribution in [2.45, 2.75) is 51.6 Å². The SMILES string of the molecule is CCCNCC1(CN2CCC(C)(O)CC2)CCOCC1. The molecule has 0 spiro atoms. The summed E-state index contributed by atoms with van der Waals surface area (Å²) in [6.07, 6.45) is 5.33. The zero-order valence-corrected chi connectivity index (χ0v) is 13.3. The number of ether oxygens (including phenoxy) is 1. The van der Waals surface area contributed by atoms with Gasteiger partial charge in [-0.1, -0.05) is 6.92 Å². The maximum Gasteiger partial charge on any atom is 0.0644 e. The minimum atomic E-state index is -0.445. The Labute approximate surface area is 123 Å². The number of rotatable bonds is 6. The summed E-state index contributed by atoms with van der Waals surface area (Å²) >= 11 is 0. The van der Waals surface area contributed by atoms with Crippen LogP contribution in [0.4, 0.5) is 0 Å². The summed E-state index contributed by atoms with van der Waals surface area (Å²) in [5, 5.41) is 13.7. The van der Waals surface area contributed by atoms with E-state index in [4.69, 9.17) is 4.74 Å². The highest BCUT2D eigenvalue weighted by atomic mass is 16.5. The minimum absolute atomic E-state index is 0.372. The van der Waals surface area contributed by atoms with Crippen molar-refractivity contribution < 1.29 is 9.84 Å². The first-order chi connectivity index (χ1) is 9.55. The van der Waals surface area contributed by atoms with Gasteiger partial charge in [0, 0.05) is 39.4 Å². The van der Waals surface area contributed by atoms with Crippen molar-refractivity contribution in [2.75, 3.05) is 45.9 Å². The molecule has 0 amide bonds. The van der Waals surface area contributed by atoms with Crippen molar-refractivity contribution in [3.8, 4) is 0 Å². The molecule has 0 aliphatic carbocycles. The number of hydrogen-bond acceptors (Lipinski definition) is 4. The molecule has 20 heavy (non-hydrogen) atoms. The van der Waals surface area contributed by atoms with Crippen molar-refractivity contribution in [2.24, 2.45) is 5.41 Å². The molecule has 0 saturated carbocycles. The standard InChI is InChI=1S/C16H32N2O2/c1-3-8-17-13-16(6-11-20-12-7-16)14-18-9-4-15(2,19)5-10-18/h17,19H,3-14H2,1-2H3. The lowest BCUT2D eigenvalue weighted by molar-refractivity contribution is -0.0388. The third-order valence-electron chi connectivity index (χ3n) is 4.97. The van der Waals surface area contributed by atoms with E-state index in [1.54, 1.807) is 0 Å². The van der Waals surface area contributed by atoms with Crippen LogP contribution in [0.2, 0.25) is 0 Å². The fourth-order valence-electron chi connectivity index (χ4n) is 3.39. The molecule has 118 valence electrons. The fraction of sp³-hybridized carbons (Fsp3) is 1.00. The van der Waals surface area contributed by atoms with Gasteiger partial charge in [0.15, 0.2) is 0 Å². The van der Waals surface area contributed by atoms with E-state index in [2.05, 4.69) is 17.1 Å². The van der Waals surface area contributed by atoms with E-state index in [0.29, 0.717) is 5.41 Å². The number of aliphatic hydroxyl groups is 1. The first kappa shape index (κ1) is 16.2. The predicted molar refractivity (Wildman–Crippen MR) is 81.9 cm³/mol. The van der Waals surface area contributed by atoms with Crippen LogP contribution in [-0.2, 0) is 4.74 Å². The van der Waals surface area contributed by atoms with Gasteiger partial charge in [0.05, 0.1) is 5.60 Å². The summed E-state index contributed by atoms with van der Waals surface area (Å²) < 4.78 is 5.57. The lowest BCUT2D eigenvalue weighted by Crippen LogP contribution is -2.51. The lowest BCUT2D eigenvalue weighted by atomic mass is 9.78. The predicted octanol–water partition coefficient (Wildman–Crippen LogP) is 1.63. The molecule has 2 aliphatic heterocycles. The van der Waals surface area contributed by atoms with Crippen LogP contribution in [0.15, 0.2) is 0 Å². The molecule has 2 rings (SSSR count).